The average molecular weight is 367 g/mol. The van der Waals surface area contributed by atoms with Crippen molar-refractivity contribution in [1.29, 1.82) is 0 Å². The van der Waals surface area contributed by atoms with E-state index in [1.54, 1.807) is 73.3 Å². The third kappa shape index (κ3) is 5.02. The molecule has 0 radical (unpaired) electrons. The molecule has 0 unspecified atom stereocenters. The summed E-state index contributed by atoms with van der Waals surface area (Å²) in [6.07, 6.45) is 6.43. The Kier molecular flexibility index (Phi) is 6.47. The van der Waals surface area contributed by atoms with Crippen LogP contribution in [-0.2, 0) is 0 Å². The minimum Gasteiger partial charge on any atom is -0.289 e. The van der Waals surface area contributed by atoms with E-state index in [-0.39, 0.29) is 11.6 Å². The van der Waals surface area contributed by atoms with E-state index in [2.05, 4.69) is 15.0 Å². The van der Waals surface area contributed by atoms with Crippen LogP contribution >= 0.6 is 0 Å². The fourth-order valence-corrected chi connectivity index (χ4v) is 2.38. The van der Waals surface area contributed by atoms with Crippen LogP contribution in [-0.4, -0.2) is 26.5 Å². The second-order valence-electron chi connectivity index (χ2n) is 5.69. The predicted molar refractivity (Wildman–Crippen MR) is 106 cm³/mol. The van der Waals surface area contributed by atoms with Gasteiger partial charge < -0.3 is 0 Å². The molecule has 0 atom stereocenters. The fourth-order valence-electron chi connectivity index (χ4n) is 2.38. The smallest absolute Gasteiger partial charge is 0.229 e. The summed E-state index contributed by atoms with van der Waals surface area (Å²) in [5, 5.41) is 0. The standard InChI is InChI=1S/C12H9NO.C11H8N2O/c14-12(10-4-2-1-3-5-10)11-6-8-13-9-7-11;14-11(9-5-1-3-7-12-9)10-6-2-4-8-13-10/h1-9H;1-8H. The first-order chi connectivity index (χ1) is 13.8. The van der Waals surface area contributed by atoms with E-state index < -0.39 is 0 Å². The van der Waals surface area contributed by atoms with Crippen molar-refractivity contribution >= 4 is 11.6 Å². The van der Waals surface area contributed by atoms with E-state index in [0.717, 1.165) is 0 Å². The zero-order valence-corrected chi connectivity index (χ0v) is 15.0. The molecule has 3 aromatic heterocycles. The van der Waals surface area contributed by atoms with Gasteiger partial charge in [-0.05, 0) is 36.4 Å². The van der Waals surface area contributed by atoms with Crippen molar-refractivity contribution in [2.45, 2.75) is 0 Å². The highest BCUT2D eigenvalue weighted by atomic mass is 16.1. The number of aromatic nitrogens is 3. The third-order valence-electron chi connectivity index (χ3n) is 3.77. The van der Waals surface area contributed by atoms with Crippen molar-refractivity contribution in [2.75, 3.05) is 0 Å². The summed E-state index contributed by atoms with van der Waals surface area (Å²) in [4.78, 5) is 35.3. The predicted octanol–water partition coefficient (Wildman–Crippen LogP) is 4.02. The van der Waals surface area contributed by atoms with Crippen molar-refractivity contribution in [3.8, 4) is 0 Å². The molecule has 0 fully saturated rings. The summed E-state index contributed by atoms with van der Waals surface area (Å²) in [6, 6.07) is 23.1. The van der Waals surface area contributed by atoms with Gasteiger partial charge in [-0.1, -0.05) is 42.5 Å². The van der Waals surface area contributed by atoms with Crippen LogP contribution in [0.5, 0.6) is 0 Å². The van der Waals surface area contributed by atoms with Crippen LogP contribution < -0.4 is 0 Å². The number of pyridine rings is 3. The number of hydrogen-bond donors (Lipinski definition) is 0. The lowest BCUT2D eigenvalue weighted by Gasteiger charge is -1.99. The molecule has 0 spiro atoms. The molecule has 0 saturated carbocycles. The summed E-state index contributed by atoms with van der Waals surface area (Å²) in [7, 11) is 0. The number of carbonyl (C=O) groups excluding carboxylic acids is 2. The van der Waals surface area contributed by atoms with E-state index >= 15 is 0 Å². The molecular weight excluding hydrogens is 350 g/mol. The molecule has 1 aromatic carbocycles. The zero-order valence-electron chi connectivity index (χ0n) is 15.0. The zero-order chi connectivity index (χ0) is 19.6. The molecule has 0 aliphatic carbocycles. The lowest BCUT2D eigenvalue weighted by molar-refractivity contribution is 0.102. The van der Waals surface area contributed by atoms with Crippen molar-refractivity contribution < 1.29 is 9.59 Å². The van der Waals surface area contributed by atoms with E-state index in [0.29, 0.717) is 22.5 Å². The second kappa shape index (κ2) is 9.64. The Hall–Kier alpha value is -3.99. The van der Waals surface area contributed by atoms with Crippen LogP contribution in [0.3, 0.4) is 0 Å². The van der Waals surface area contributed by atoms with Crippen molar-refractivity contribution in [3.63, 3.8) is 0 Å². The Labute approximate surface area is 162 Å². The molecule has 0 aliphatic rings. The van der Waals surface area contributed by atoms with Gasteiger partial charge in [-0.3, -0.25) is 24.5 Å². The third-order valence-corrected chi connectivity index (χ3v) is 3.77. The van der Waals surface area contributed by atoms with Crippen LogP contribution in [0.1, 0.15) is 32.1 Å². The molecule has 4 rings (SSSR count). The summed E-state index contributed by atoms with van der Waals surface area (Å²) >= 11 is 0. The molecule has 136 valence electrons. The maximum Gasteiger partial charge on any atom is 0.229 e. The SMILES string of the molecule is O=C(c1ccccc1)c1ccncc1.O=C(c1ccccn1)c1ccccn1. The van der Waals surface area contributed by atoms with Gasteiger partial charge >= 0.3 is 0 Å². The summed E-state index contributed by atoms with van der Waals surface area (Å²) in [6.45, 7) is 0. The summed E-state index contributed by atoms with van der Waals surface area (Å²) in [5.41, 5.74) is 2.22. The Morgan fingerprint density at radius 1 is 0.500 bits per heavy atom. The first-order valence-corrected chi connectivity index (χ1v) is 8.62. The molecule has 5 nitrogen and oxygen atoms in total. The highest BCUT2D eigenvalue weighted by molar-refractivity contribution is 6.08. The largest absolute Gasteiger partial charge is 0.289 e. The van der Waals surface area contributed by atoms with E-state index in [1.165, 1.54) is 0 Å². The maximum absolute atomic E-state index is 11.8. The van der Waals surface area contributed by atoms with Crippen LogP contribution in [0, 0.1) is 0 Å². The molecule has 0 bridgehead atoms. The first-order valence-electron chi connectivity index (χ1n) is 8.62. The Bertz CT molecular complexity index is 852. The molecule has 3 heterocycles. The molecular formula is C23H17N3O2. The first kappa shape index (κ1) is 18.8. The maximum atomic E-state index is 11.8. The van der Waals surface area contributed by atoms with E-state index in [1.807, 2.05) is 30.3 Å². The number of benzene rings is 1. The van der Waals surface area contributed by atoms with Crippen LogP contribution in [0.15, 0.2) is 104 Å². The lowest BCUT2D eigenvalue weighted by atomic mass is 10.1. The van der Waals surface area contributed by atoms with Gasteiger partial charge in [0.1, 0.15) is 11.4 Å². The van der Waals surface area contributed by atoms with E-state index in [4.69, 9.17) is 0 Å². The van der Waals surface area contributed by atoms with Crippen molar-refractivity contribution in [1.82, 2.24) is 15.0 Å². The van der Waals surface area contributed by atoms with Crippen molar-refractivity contribution in [2.24, 2.45) is 0 Å². The van der Waals surface area contributed by atoms with Gasteiger partial charge in [0.25, 0.3) is 0 Å². The number of ketones is 2. The molecule has 5 heteroatoms. The van der Waals surface area contributed by atoms with Crippen LogP contribution in [0.25, 0.3) is 0 Å². The quantitative estimate of drug-likeness (QED) is 0.509. The molecule has 28 heavy (non-hydrogen) atoms. The Balaban J connectivity index is 0.000000161. The topological polar surface area (TPSA) is 72.8 Å². The van der Waals surface area contributed by atoms with Crippen LogP contribution in [0.4, 0.5) is 0 Å². The molecule has 4 aromatic rings. The fraction of sp³-hybridized carbons (Fsp3) is 0. The van der Waals surface area contributed by atoms with Gasteiger partial charge in [0.15, 0.2) is 5.78 Å². The molecule has 0 saturated heterocycles. The highest BCUT2D eigenvalue weighted by Gasteiger charge is 2.09. The monoisotopic (exact) mass is 367 g/mol. The Morgan fingerprint density at radius 2 is 1.00 bits per heavy atom. The summed E-state index contributed by atoms with van der Waals surface area (Å²) in [5.74, 6) is -0.112. The number of nitrogens with zero attached hydrogens (tertiary/aromatic N) is 3. The van der Waals surface area contributed by atoms with Gasteiger partial charge in [-0.15, -0.1) is 0 Å². The number of rotatable bonds is 4. The van der Waals surface area contributed by atoms with Gasteiger partial charge in [0.05, 0.1) is 0 Å². The number of hydrogen-bond acceptors (Lipinski definition) is 5. The minimum atomic E-state index is -0.147. The molecule has 0 N–H and O–H groups in total. The Morgan fingerprint density at radius 3 is 1.50 bits per heavy atom. The van der Waals surface area contributed by atoms with Crippen molar-refractivity contribution in [3.05, 3.63) is 126 Å². The van der Waals surface area contributed by atoms with Crippen LogP contribution in [0.2, 0.25) is 0 Å². The molecule has 0 amide bonds. The van der Waals surface area contributed by atoms with Gasteiger partial charge in [0.2, 0.25) is 5.78 Å². The second-order valence-corrected chi connectivity index (χ2v) is 5.69. The van der Waals surface area contributed by atoms with Gasteiger partial charge in [-0.2, -0.15) is 0 Å². The van der Waals surface area contributed by atoms with Gasteiger partial charge in [0, 0.05) is 35.9 Å². The van der Waals surface area contributed by atoms with E-state index in [9.17, 15) is 9.59 Å². The minimum absolute atomic E-state index is 0.0352. The highest BCUT2D eigenvalue weighted by Crippen LogP contribution is 2.07. The normalized spacial score (nSPS) is 9.71. The molecule has 0 aliphatic heterocycles. The number of carbonyl (C=O) groups is 2. The van der Waals surface area contributed by atoms with Gasteiger partial charge in [-0.25, -0.2) is 0 Å². The summed E-state index contributed by atoms with van der Waals surface area (Å²) < 4.78 is 0. The average Bonchev–Trinajstić information content (AvgIpc) is 2.81. The lowest BCUT2D eigenvalue weighted by Crippen LogP contribution is -2.05.